The summed E-state index contributed by atoms with van der Waals surface area (Å²) in [6.45, 7) is 9.17. The summed E-state index contributed by atoms with van der Waals surface area (Å²) in [4.78, 5) is 2.34. The summed E-state index contributed by atoms with van der Waals surface area (Å²) in [5, 5.41) is 9.45. The Hall–Kier alpha value is -0.860. The van der Waals surface area contributed by atoms with Crippen molar-refractivity contribution in [3.8, 4) is 0 Å². The predicted molar refractivity (Wildman–Crippen MR) is 71.2 cm³/mol. The van der Waals surface area contributed by atoms with Crippen LogP contribution in [0.4, 0.5) is 0 Å². The van der Waals surface area contributed by atoms with Crippen LogP contribution in [0, 0.1) is 0 Å². The van der Waals surface area contributed by atoms with Gasteiger partial charge in [-0.15, -0.1) is 0 Å². The first kappa shape index (κ1) is 12.6. The maximum atomic E-state index is 9.45. The molecule has 2 heteroatoms. The Morgan fingerprint density at radius 2 is 2.00 bits per heavy atom. The fourth-order valence-electron chi connectivity index (χ4n) is 2.52. The van der Waals surface area contributed by atoms with Crippen LogP contribution in [0.15, 0.2) is 18.2 Å². The first-order valence-corrected chi connectivity index (χ1v) is 6.58. The van der Waals surface area contributed by atoms with Crippen LogP contribution >= 0.6 is 0 Å². The number of aliphatic hydroxyl groups is 1. The van der Waals surface area contributed by atoms with Crippen molar-refractivity contribution in [3.63, 3.8) is 0 Å². The van der Waals surface area contributed by atoms with Gasteiger partial charge in [0.15, 0.2) is 0 Å². The van der Waals surface area contributed by atoms with Crippen molar-refractivity contribution in [2.45, 2.75) is 45.8 Å². The Morgan fingerprint density at radius 1 is 1.24 bits per heavy atom. The number of β-amino-alcohol motifs (C(OH)–C–C–N with tert-alkyl or cyclic N) is 1. The number of nitrogens with zero attached hydrogens (tertiary/aromatic N) is 1. The van der Waals surface area contributed by atoms with Crippen LogP contribution in [0.3, 0.4) is 0 Å². The largest absolute Gasteiger partial charge is 0.392 e. The molecule has 1 aliphatic heterocycles. The molecular weight excluding hydrogens is 210 g/mol. The van der Waals surface area contributed by atoms with E-state index < -0.39 is 0 Å². The molecule has 2 rings (SSSR count). The number of hydrogen-bond donors (Lipinski definition) is 1. The van der Waals surface area contributed by atoms with Gasteiger partial charge in [0.25, 0.3) is 0 Å². The van der Waals surface area contributed by atoms with Crippen LogP contribution in [0.1, 0.15) is 43.4 Å². The van der Waals surface area contributed by atoms with Crippen molar-refractivity contribution >= 4 is 0 Å². The third-order valence-electron chi connectivity index (χ3n) is 3.51. The molecule has 94 valence electrons. The number of fused-ring (bicyclic) bond motifs is 1. The van der Waals surface area contributed by atoms with E-state index in [1.54, 1.807) is 0 Å². The molecule has 0 saturated heterocycles. The molecule has 17 heavy (non-hydrogen) atoms. The van der Waals surface area contributed by atoms with Crippen LogP contribution in [0.2, 0.25) is 0 Å². The molecule has 0 spiro atoms. The van der Waals surface area contributed by atoms with Gasteiger partial charge in [0.1, 0.15) is 0 Å². The van der Waals surface area contributed by atoms with Gasteiger partial charge in [0.2, 0.25) is 0 Å². The standard InChI is InChI=1S/C15H23NO/c1-11(2)14-5-4-13-6-7-16(9-12(3)17)10-15(13)8-14/h4-5,8,11-12,17H,6-7,9-10H2,1-3H3. The van der Waals surface area contributed by atoms with E-state index in [1.165, 1.54) is 16.7 Å². The molecule has 0 fully saturated rings. The van der Waals surface area contributed by atoms with Crippen molar-refractivity contribution in [1.29, 1.82) is 0 Å². The summed E-state index contributed by atoms with van der Waals surface area (Å²) in [6.07, 6.45) is 0.880. The van der Waals surface area contributed by atoms with Gasteiger partial charge in [-0.25, -0.2) is 0 Å². The highest BCUT2D eigenvalue weighted by Crippen LogP contribution is 2.24. The fourth-order valence-corrected chi connectivity index (χ4v) is 2.52. The SMILES string of the molecule is CC(O)CN1CCc2ccc(C(C)C)cc2C1. The topological polar surface area (TPSA) is 23.5 Å². The van der Waals surface area contributed by atoms with E-state index in [-0.39, 0.29) is 6.10 Å². The lowest BCUT2D eigenvalue weighted by Gasteiger charge is -2.30. The minimum atomic E-state index is -0.232. The molecule has 0 amide bonds. The van der Waals surface area contributed by atoms with E-state index in [9.17, 15) is 5.11 Å². The molecule has 0 saturated carbocycles. The van der Waals surface area contributed by atoms with Crippen LogP contribution in [0.5, 0.6) is 0 Å². The molecule has 2 nitrogen and oxygen atoms in total. The third-order valence-corrected chi connectivity index (χ3v) is 3.51. The second-order valence-corrected chi connectivity index (χ2v) is 5.52. The highest BCUT2D eigenvalue weighted by atomic mass is 16.3. The summed E-state index contributed by atoms with van der Waals surface area (Å²) in [5.41, 5.74) is 4.35. The van der Waals surface area contributed by atoms with Gasteiger partial charge in [-0.3, -0.25) is 4.90 Å². The van der Waals surface area contributed by atoms with Gasteiger partial charge in [-0.1, -0.05) is 32.0 Å². The lowest BCUT2D eigenvalue weighted by atomic mass is 9.93. The highest BCUT2D eigenvalue weighted by Gasteiger charge is 2.17. The third kappa shape index (κ3) is 3.08. The Labute approximate surface area is 104 Å². The van der Waals surface area contributed by atoms with E-state index >= 15 is 0 Å². The molecule has 1 aliphatic rings. The smallest absolute Gasteiger partial charge is 0.0639 e. The second kappa shape index (κ2) is 5.19. The average molecular weight is 233 g/mol. The average Bonchev–Trinajstić information content (AvgIpc) is 2.27. The molecule has 0 radical (unpaired) electrons. The second-order valence-electron chi connectivity index (χ2n) is 5.52. The van der Waals surface area contributed by atoms with Crippen LogP contribution in [0.25, 0.3) is 0 Å². The minimum absolute atomic E-state index is 0.232. The first-order chi connectivity index (χ1) is 8.06. The molecule has 1 N–H and O–H groups in total. The number of rotatable bonds is 3. The van der Waals surface area contributed by atoms with E-state index in [1.807, 2.05) is 6.92 Å². The Morgan fingerprint density at radius 3 is 2.65 bits per heavy atom. The quantitative estimate of drug-likeness (QED) is 0.867. The fraction of sp³-hybridized carbons (Fsp3) is 0.600. The van der Waals surface area contributed by atoms with E-state index in [2.05, 4.69) is 36.9 Å². The maximum Gasteiger partial charge on any atom is 0.0639 e. The highest BCUT2D eigenvalue weighted by molar-refractivity contribution is 5.35. The number of hydrogen-bond acceptors (Lipinski definition) is 2. The summed E-state index contributed by atoms with van der Waals surface area (Å²) < 4.78 is 0. The molecule has 1 aromatic rings. The zero-order valence-electron chi connectivity index (χ0n) is 11.1. The van der Waals surface area contributed by atoms with E-state index in [4.69, 9.17) is 0 Å². The zero-order chi connectivity index (χ0) is 12.4. The van der Waals surface area contributed by atoms with Gasteiger partial charge in [-0.2, -0.15) is 0 Å². The van der Waals surface area contributed by atoms with Gasteiger partial charge in [-0.05, 0) is 36.0 Å². The molecular formula is C15H23NO. The molecule has 0 aromatic heterocycles. The zero-order valence-corrected chi connectivity index (χ0v) is 11.1. The van der Waals surface area contributed by atoms with Crippen LogP contribution < -0.4 is 0 Å². The van der Waals surface area contributed by atoms with Gasteiger partial charge < -0.3 is 5.11 Å². The number of benzene rings is 1. The Bertz CT molecular complexity index is 385. The van der Waals surface area contributed by atoms with Gasteiger partial charge in [0, 0.05) is 19.6 Å². The molecule has 1 heterocycles. The van der Waals surface area contributed by atoms with Gasteiger partial charge in [0.05, 0.1) is 6.10 Å². The van der Waals surface area contributed by atoms with Crippen molar-refractivity contribution in [2.24, 2.45) is 0 Å². The van der Waals surface area contributed by atoms with Crippen molar-refractivity contribution in [3.05, 3.63) is 34.9 Å². The summed E-state index contributed by atoms with van der Waals surface area (Å²) >= 11 is 0. The lowest BCUT2D eigenvalue weighted by Crippen LogP contribution is -2.35. The summed E-state index contributed by atoms with van der Waals surface area (Å²) in [7, 11) is 0. The minimum Gasteiger partial charge on any atom is -0.392 e. The van der Waals surface area contributed by atoms with E-state index in [0.717, 1.165) is 26.1 Å². The Balaban J connectivity index is 2.15. The monoisotopic (exact) mass is 233 g/mol. The van der Waals surface area contributed by atoms with Crippen LogP contribution in [-0.4, -0.2) is 29.2 Å². The van der Waals surface area contributed by atoms with Crippen molar-refractivity contribution in [1.82, 2.24) is 4.90 Å². The van der Waals surface area contributed by atoms with Crippen molar-refractivity contribution in [2.75, 3.05) is 13.1 Å². The lowest BCUT2D eigenvalue weighted by molar-refractivity contribution is 0.119. The van der Waals surface area contributed by atoms with E-state index in [0.29, 0.717) is 5.92 Å². The molecule has 1 unspecified atom stereocenters. The summed E-state index contributed by atoms with van der Waals surface area (Å²) in [5.74, 6) is 0.590. The molecule has 1 aromatic carbocycles. The first-order valence-electron chi connectivity index (χ1n) is 6.58. The van der Waals surface area contributed by atoms with Crippen molar-refractivity contribution < 1.29 is 5.11 Å². The molecule has 0 aliphatic carbocycles. The van der Waals surface area contributed by atoms with Crippen LogP contribution in [-0.2, 0) is 13.0 Å². The normalized spacial score (nSPS) is 18.2. The molecule has 0 bridgehead atoms. The molecule has 1 atom stereocenters. The van der Waals surface area contributed by atoms with Gasteiger partial charge >= 0.3 is 0 Å². The Kier molecular flexibility index (Phi) is 3.85. The predicted octanol–water partition coefficient (Wildman–Crippen LogP) is 2.55. The maximum absolute atomic E-state index is 9.45. The summed E-state index contributed by atoms with van der Waals surface area (Å²) in [6, 6.07) is 6.88. The number of aliphatic hydroxyl groups excluding tert-OH is 1.